The lowest BCUT2D eigenvalue weighted by atomic mass is 10.1. The minimum Gasteiger partial charge on any atom is -0.418 e. The number of anilines is 1. The van der Waals surface area contributed by atoms with Crippen molar-refractivity contribution in [3.8, 4) is 16.8 Å². The minimum atomic E-state index is 0.160. The summed E-state index contributed by atoms with van der Waals surface area (Å²) in [6.45, 7) is 0.616. The largest absolute Gasteiger partial charge is 0.418 e. The van der Waals surface area contributed by atoms with Crippen molar-refractivity contribution in [1.82, 2.24) is 9.88 Å². The number of nitrogens with zero attached hydrogens (tertiary/aromatic N) is 3. The number of nitrogens with one attached hydrogen (secondary N) is 1. The van der Waals surface area contributed by atoms with E-state index in [9.17, 15) is 5.26 Å². The van der Waals surface area contributed by atoms with E-state index in [4.69, 9.17) is 4.42 Å². The molecular formula is C18H18N4OS. The van der Waals surface area contributed by atoms with Crippen LogP contribution in [0.5, 0.6) is 0 Å². The van der Waals surface area contributed by atoms with Gasteiger partial charge in [-0.25, -0.2) is 0 Å². The van der Waals surface area contributed by atoms with Crippen LogP contribution in [0.3, 0.4) is 0 Å². The summed E-state index contributed by atoms with van der Waals surface area (Å²) >= 11 is 1.53. The lowest BCUT2D eigenvalue weighted by molar-refractivity contribution is 0.310. The van der Waals surface area contributed by atoms with Gasteiger partial charge in [0.15, 0.2) is 0 Å². The van der Waals surface area contributed by atoms with Crippen LogP contribution in [-0.4, -0.2) is 30.5 Å². The Hall–Kier alpha value is -2.62. The van der Waals surface area contributed by atoms with Crippen LogP contribution in [-0.2, 0) is 0 Å². The van der Waals surface area contributed by atoms with Crippen molar-refractivity contribution >= 4 is 17.2 Å². The molecule has 0 fully saturated rings. The molecule has 0 bridgehead atoms. The molecule has 3 rings (SSSR count). The molecule has 5 nitrogen and oxygen atoms in total. The quantitative estimate of drug-likeness (QED) is 0.736. The van der Waals surface area contributed by atoms with Crippen LogP contribution in [0.15, 0.2) is 52.3 Å². The fraction of sp³-hybridized carbons (Fsp3) is 0.222. The number of hydrogen-bond acceptors (Lipinski definition) is 6. The van der Waals surface area contributed by atoms with Gasteiger partial charge in [-0.1, -0.05) is 36.4 Å². The SMILES string of the molecule is CN(C)C(CNc1oc(-c2cccs2)nc1C#N)c1ccccc1. The monoisotopic (exact) mass is 338 g/mol. The van der Waals surface area contributed by atoms with Gasteiger partial charge in [-0.15, -0.1) is 11.3 Å². The van der Waals surface area contributed by atoms with E-state index in [1.165, 1.54) is 16.9 Å². The van der Waals surface area contributed by atoms with Crippen molar-refractivity contribution in [2.24, 2.45) is 0 Å². The second kappa shape index (κ2) is 7.30. The molecule has 0 aliphatic heterocycles. The molecule has 122 valence electrons. The van der Waals surface area contributed by atoms with Crippen molar-refractivity contribution < 1.29 is 4.42 Å². The van der Waals surface area contributed by atoms with Crippen molar-refractivity contribution in [2.75, 3.05) is 26.0 Å². The first kappa shape index (κ1) is 16.2. The summed E-state index contributed by atoms with van der Waals surface area (Å²) in [7, 11) is 4.06. The van der Waals surface area contributed by atoms with E-state index >= 15 is 0 Å². The maximum absolute atomic E-state index is 9.30. The van der Waals surface area contributed by atoms with Crippen molar-refractivity contribution in [1.29, 1.82) is 5.26 Å². The van der Waals surface area contributed by atoms with Gasteiger partial charge < -0.3 is 14.6 Å². The molecule has 0 radical (unpaired) electrons. The summed E-state index contributed by atoms with van der Waals surface area (Å²) in [5.74, 6) is 0.897. The summed E-state index contributed by atoms with van der Waals surface area (Å²) in [5.41, 5.74) is 1.48. The zero-order chi connectivity index (χ0) is 16.9. The van der Waals surface area contributed by atoms with Crippen LogP contribution in [0.25, 0.3) is 10.8 Å². The Labute approximate surface area is 145 Å². The summed E-state index contributed by atoms with van der Waals surface area (Å²) in [6.07, 6.45) is 0. The van der Waals surface area contributed by atoms with Crippen LogP contribution >= 0.6 is 11.3 Å². The highest BCUT2D eigenvalue weighted by Gasteiger charge is 2.18. The highest BCUT2D eigenvalue weighted by Crippen LogP contribution is 2.29. The third-order valence-corrected chi connectivity index (χ3v) is 4.59. The molecule has 6 heteroatoms. The number of hydrogen-bond donors (Lipinski definition) is 1. The summed E-state index contributed by atoms with van der Waals surface area (Å²) < 4.78 is 5.76. The fourth-order valence-electron chi connectivity index (χ4n) is 2.48. The average Bonchev–Trinajstić information content (AvgIpc) is 3.25. The van der Waals surface area contributed by atoms with E-state index in [1.807, 2.05) is 49.8 Å². The Morgan fingerprint density at radius 2 is 2.04 bits per heavy atom. The molecule has 0 aliphatic carbocycles. The molecule has 3 aromatic rings. The second-order valence-electron chi connectivity index (χ2n) is 5.56. The summed E-state index contributed by atoms with van der Waals surface area (Å²) in [4.78, 5) is 7.31. The molecule has 0 amide bonds. The van der Waals surface area contributed by atoms with Gasteiger partial charge in [-0.2, -0.15) is 10.2 Å². The molecule has 2 aromatic heterocycles. The Balaban J connectivity index is 1.79. The molecule has 0 saturated carbocycles. The molecule has 1 aromatic carbocycles. The van der Waals surface area contributed by atoms with Gasteiger partial charge in [0.05, 0.1) is 10.9 Å². The third-order valence-electron chi connectivity index (χ3n) is 3.73. The maximum Gasteiger partial charge on any atom is 0.240 e. The predicted octanol–water partition coefficient (Wildman–Crippen LogP) is 3.99. The number of rotatable bonds is 6. The van der Waals surface area contributed by atoms with Gasteiger partial charge in [0, 0.05) is 6.54 Å². The normalized spacial score (nSPS) is 12.1. The standard InChI is InChI=1S/C18H18N4OS/c1-22(2)15(13-7-4-3-5-8-13)12-20-17-14(11-19)21-18(23-17)16-9-6-10-24-16/h3-10,15,20H,12H2,1-2H3. The second-order valence-corrected chi connectivity index (χ2v) is 6.50. The van der Waals surface area contributed by atoms with Gasteiger partial charge in [0.1, 0.15) is 6.07 Å². The van der Waals surface area contributed by atoms with Gasteiger partial charge in [-0.05, 0) is 31.1 Å². The third kappa shape index (κ3) is 3.48. The van der Waals surface area contributed by atoms with Gasteiger partial charge in [-0.3, -0.25) is 0 Å². The predicted molar refractivity (Wildman–Crippen MR) is 95.9 cm³/mol. The fourth-order valence-corrected chi connectivity index (χ4v) is 3.13. The lowest BCUT2D eigenvalue weighted by Crippen LogP contribution is -2.26. The maximum atomic E-state index is 9.30. The zero-order valence-electron chi connectivity index (χ0n) is 13.6. The Bertz CT molecular complexity index is 819. The molecule has 24 heavy (non-hydrogen) atoms. The van der Waals surface area contributed by atoms with Crippen molar-refractivity contribution in [3.63, 3.8) is 0 Å². The Kier molecular flexibility index (Phi) is 4.94. The molecule has 1 atom stereocenters. The summed E-state index contributed by atoms with van der Waals surface area (Å²) in [6, 6.07) is 16.3. The van der Waals surface area contributed by atoms with Crippen LogP contribution in [0.2, 0.25) is 0 Å². The molecule has 2 heterocycles. The topological polar surface area (TPSA) is 65.1 Å². The van der Waals surface area contributed by atoms with Crippen LogP contribution in [0.4, 0.5) is 5.88 Å². The van der Waals surface area contributed by atoms with Crippen LogP contribution < -0.4 is 5.32 Å². The van der Waals surface area contributed by atoms with E-state index in [2.05, 4.69) is 33.4 Å². The Morgan fingerprint density at radius 3 is 2.67 bits per heavy atom. The smallest absolute Gasteiger partial charge is 0.240 e. The van der Waals surface area contributed by atoms with E-state index < -0.39 is 0 Å². The number of nitriles is 1. The number of aromatic nitrogens is 1. The van der Waals surface area contributed by atoms with Crippen molar-refractivity contribution in [2.45, 2.75) is 6.04 Å². The highest BCUT2D eigenvalue weighted by atomic mass is 32.1. The van der Waals surface area contributed by atoms with Crippen LogP contribution in [0, 0.1) is 11.3 Å². The Morgan fingerprint density at radius 1 is 1.25 bits per heavy atom. The number of benzene rings is 1. The highest BCUT2D eigenvalue weighted by molar-refractivity contribution is 7.13. The molecule has 0 spiro atoms. The van der Waals surface area contributed by atoms with Gasteiger partial charge >= 0.3 is 0 Å². The van der Waals surface area contributed by atoms with Crippen molar-refractivity contribution in [3.05, 3.63) is 59.1 Å². The minimum absolute atomic E-state index is 0.160. The number of likely N-dealkylation sites (N-methyl/N-ethyl adjacent to an activating group) is 1. The van der Waals surface area contributed by atoms with Gasteiger partial charge in [0.25, 0.3) is 0 Å². The van der Waals surface area contributed by atoms with E-state index in [0.717, 1.165) is 4.88 Å². The zero-order valence-corrected chi connectivity index (χ0v) is 14.4. The number of thiophene rings is 1. The van der Waals surface area contributed by atoms with E-state index in [0.29, 0.717) is 18.3 Å². The van der Waals surface area contributed by atoms with E-state index in [1.54, 1.807) is 0 Å². The summed E-state index contributed by atoms with van der Waals surface area (Å²) in [5, 5.41) is 14.5. The number of oxazole rings is 1. The molecular weight excluding hydrogens is 320 g/mol. The molecule has 1 unspecified atom stereocenters. The molecule has 0 aliphatic rings. The first-order chi connectivity index (χ1) is 11.7. The average molecular weight is 338 g/mol. The van der Waals surface area contributed by atoms with Gasteiger partial charge in [0.2, 0.25) is 17.5 Å². The first-order valence-corrected chi connectivity index (χ1v) is 8.47. The molecule has 1 N–H and O–H groups in total. The first-order valence-electron chi connectivity index (χ1n) is 7.59. The van der Waals surface area contributed by atoms with Crippen LogP contribution in [0.1, 0.15) is 17.3 Å². The lowest BCUT2D eigenvalue weighted by Gasteiger charge is -2.24. The molecule has 0 saturated heterocycles. The van der Waals surface area contributed by atoms with E-state index in [-0.39, 0.29) is 11.7 Å².